The SMILES string of the molecule is C=C(c1c(C)cccc1N)N(N)CC. The molecule has 4 N–H and O–H groups in total. The summed E-state index contributed by atoms with van der Waals surface area (Å²) in [5, 5.41) is 1.60. The van der Waals surface area contributed by atoms with Crippen LogP contribution >= 0.6 is 0 Å². The largest absolute Gasteiger partial charge is 0.398 e. The van der Waals surface area contributed by atoms with E-state index in [1.807, 2.05) is 32.0 Å². The van der Waals surface area contributed by atoms with Crippen molar-refractivity contribution in [1.29, 1.82) is 0 Å². The number of nitrogens with zero attached hydrogens (tertiary/aromatic N) is 1. The maximum atomic E-state index is 5.87. The molecular formula is C11H17N3. The van der Waals surface area contributed by atoms with Gasteiger partial charge in [-0.1, -0.05) is 18.7 Å². The number of hydrazine groups is 1. The van der Waals surface area contributed by atoms with Crippen molar-refractivity contribution in [2.75, 3.05) is 12.3 Å². The molecular weight excluding hydrogens is 174 g/mol. The summed E-state index contributed by atoms with van der Waals surface area (Å²) in [4.78, 5) is 0. The van der Waals surface area contributed by atoms with Gasteiger partial charge in [0.2, 0.25) is 0 Å². The second-order valence-electron chi connectivity index (χ2n) is 3.27. The van der Waals surface area contributed by atoms with E-state index in [1.165, 1.54) is 0 Å². The van der Waals surface area contributed by atoms with E-state index in [4.69, 9.17) is 11.6 Å². The average molecular weight is 191 g/mol. The molecule has 0 amide bonds. The van der Waals surface area contributed by atoms with Gasteiger partial charge in [-0.15, -0.1) is 0 Å². The summed E-state index contributed by atoms with van der Waals surface area (Å²) in [6.07, 6.45) is 0. The lowest BCUT2D eigenvalue weighted by atomic mass is 10.0. The lowest BCUT2D eigenvalue weighted by molar-refractivity contribution is 0.441. The molecule has 0 spiro atoms. The smallest absolute Gasteiger partial charge is 0.0541 e. The van der Waals surface area contributed by atoms with Crippen molar-refractivity contribution >= 4 is 11.4 Å². The first-order valence-corrected chi connectivity index (χ1v) is 4.64. The lowest BCUT2D eigenvalue weighted by Crippen LogP contribution is -2.29. The molecule has 0 aliphatic rings. The Morgan fingerprint density at radius 1 is 1.50 bits per heavy atom. The molecule has 1 aromatic carbocycles. The fraction of sp³-hybridized carbons (Fsp3) is 0.273. The second kappa shape index (κ2) is 4.15. The van der Waals surface area contributed by atoms with E-state index in [0.29, 0.717) is 6.54 Å². The van der Waals surface area contributed by atoms with E-state index in [1.54, 1.807) is 5.01 Å². The Balaban J connectivity index is 3.12. The fourth-order valence-electron chi connectivity index (χ4n) is 1.42. The van der Waals surface area contributed by atoms with Crippen LogP contribution in [0, 0.1) is 6.92 Å². The van der Waals surface area contributed by atoms with E-state index < -0.39 is 0 Å². The van der Waals surface area contributed by atoms with Gasteiger partial charge in [0, 0.05) is 17.8 Å². The summed E-state index contributed by atoms with van der Waals surface area (Å²) in [6.45, 7) is 8.63. The number of aryl methyl sites for hydroxylation is 1. The highest BCUT2D eigenvalue weighted by Gasteiger charge is 2.09. The minimum absolute atomic E-state index is 0.715. The summed E-state index contributed by atoms with van der Waals surface area (Å²) < 4.78 is 0. The molecule has 0 aromatic heterocycles. The molecule has 0 unspecified atom stereocenters. The summed E-state index contributed by atoms with van der Waals surface area (Å²) in [5.74, 6) is 5.76. The van der Waals surface area contributed by atoms with E-state index in [0.717, 1.165) is 22.5 Å². The molecule has 1 rings (SSSR count). The average Bonchev–Trinajstić information content (AvgIpc) is 2.16. The van der Waals surface area contributed by atoms with Crippen LogP contribution in [0.5, 0.6) is 0 Å². The maximum Gasteiger partial charge on any atom is 0.0541 e. The number of benzene rings is 1. The molecule has 76 valence electrons. The predicted molar refractivity (Wildman–Crippen MR) is 61.2 cm³/mol. The Hall–Kier alpha value is -1.48. The van der Waals surface area contributed by atoms with Crippen molar-refractivity contribution in [2.45, 2.75) is 13.8 Å². The van der Waals surface area contributed by atoms with Gasteiger partial charge in [-0.2, -0.15) is 0 Å². The zero-order chi connectivity index (χ0) is 10.7. The van der Waals surface area contributed by atoms with Crippen LogP contribution in [-0.4, -0.2) is 11.6 Å². The van der Waals surface area contributed by atoms with Crippen LogP contribution in [0.25, 0.3) is 5.70 Å². The Labute approximate surface area is 85.0 Å². The monoisotopic (exact) mass is 191 g/mol. The zero-order valence-electron chi connectivity index (χ0n) is 8.75. The maximum absolute atomic E-state index is 5.87. The molecule has 1 aromatic rings. The Kier molecular flexibility index (Phi) is 3.14. The normalized spacial score (nSPS) is 9.93. The summed E-state index contributed by atoms with van der Waals surface area (Å²) in [5.41, 5.74) is 9.40. The molecule has 0 atom stereocenters. The Morgan fingerprint density at radius 3 is 2.64 bits per heavy atom. The van der Waals surface area contributed by atoms with Gasteiger partial charge in [-0.3, -0.25) is 0 Å². The van der Waals surface area contributed by atoms with Crippen molar-refractivity contribution in [1.82, 2.24) is 5.01 Å². The topological polar surface area (TPSA) is 55.3 Å². The molecule has 0 bridgehead atoms. The molecule has 0 aliphatic carbocycles. The molecule has 3 nitrogen and oxygen atoms in total. The molecule has 14 heavy (non-hydrogen) atoms. The highest BCUT2D eigenvalue weighted by Crippen LogP contribution is 2.24. The first kappa shape index (κ1) is 10.6. The van der Waals surface area contributed by atoms with Crippen molar-refractivity contribution in [3.05, 3.63) is 35.9 Å². The summed E-state index contributed by atoms with van der Waals surface area (Å²) in [6, 6.07) is 5.78. The molecule has 0 aliphatic heterocycles. The predicted octanol–water partition coefficient (Wildman–Crippen LogP) is 1.74. The van der Waals surface area contributed by atoms with Crippen LogP contribution in [0.15, 0.2) is 24.8 Å². The van der Waals surface area contributed by atoms with Crippen LogP contribution in [0.4, 0.5) is 5.69 Å². The van der Waals surface area contributed by atoms with E-state index in [2.05, 4.69) is 6.58 Å². The molecule has 0 heterocycles. The third-order valence-electron chi connectivity index (χ3n) is 2.28. The molecule has 0 saturated heterocycles. The van der Waals surface area contributed by atoms with Crippen molar-refractivity contribution in [2.24, 2.45) is 5.84 Å². The fourth-order valence-corrected chi connectivity index (χ4v) is 1.42. The number of hydrogen-bond acceptors (Lipinski definition) is 3. The standard InChI is InChI=1S/C11H17N3/c1-4-14(13)9(3)11-8(2)6-5-7-10(11)12/h5-7H,3-4,12-13H2,1-2H3. The summed E-state index contributed by atoms with van der Waals surface area (Å²) >= 11 is 0. The first-order chi connectivity index (χ1) is 6.57. The van der Waals surface area contributed by atoms with Gasteiger partial charge in [-0.05, 0) is 25.5 Å². The first-order valence-electron chi connectivity index (χ1n) is 4.64. The zero-order valence-corrected chi connectivity index (χ0v) is 8.75. The molecule has 3 heteroatoms. The van der Waals surface area contributed by atoms with E-state index >= 15 is 0 Å². The third-order valence-corrected chi connectivity index (χ3v) is 2.28. The number of rotatable bonds is 3. The molecule has 0 radical (unpaired) electrons. The Bertz CT molecular complexity index is 324. The highest BCUT2D eigenvalue weighted by atomic mass is 15.4. The van der Waals surface area contributed by atoms with Crippen molar-refractivity contribution < 1.29 is 0 Å². The Morgan fingerprint density at radius 2 is 2.14 bits per heavy atom. The quantitative estimate of drug-likeness (QED) is 0.434. The van der Waals surface area contributed by atoms with Crippen LogP contribution in [0.1, 0.15) is 18.1 Å². The number of nitrogens with two attached hydrogens (primary N) is 2. The second-order valence-corrected chi connectivity index (χ2v) is 3.27. The van der Waals surface area contributed by atoms with Gasteiger partial charge >= 0.3 is 0 Å². The number of hydrogen-bond donors (Lipinski definition) is 2. The van der Waals surface area contributed by atoms with Crippen LogP contribution in [-0.2, 0) is 0 Å². The van der Waals surface area contributed by atoms with Crippen LogP contribution < -0.4 is 11.6 Å². The van der Waals surface area contributed by atoms with E-state index in [-0.39, 0.29) is 0 Å². The number of nitrogen functional groups attached to an aromatic ring is 1. The molecule has 0 saturated carbocycles. The van der Waals surface area contributed by atoms with E-state index in [9.17, 15) is 0 Å². The van der Waals surface area contributed by atoms with Gasteiger partial charge in [0.1, 0.15) is 0 Å². The third kappa shape index (κ3) is 1.88. The van der Waals surface area contributed by atoms with Gasteiger partial charge in [-0.25, -0.2) is 5.84 Å². The minimum atomic E-state index is 0.715. The van der Waals surface area contributed by atoms with Crippen LogP contribution in [0.3, 0.4) is 0 Å². The van der Waals surface area contributed by atoms with Gasteiger partial charge in [0.25, 0.3) is 0 Å². The van der Waals surface area contributed by atoms with Crippen LogP contribution in [0.2, 0.25) is 0 Å². The minimum Gasteiger partial charge on any atom is -0.398 e. The van der Waals surface area contributed by atoms with Crippen molar-refractivity contribution in [3.63, 3.8) is 0 Å². The van der Waals surface area contributed by atoms with Crippen molar-refractivity contribution in [3.8, 4) is 0 Å². The van der Waals surface area contributed by atoms with Gasteiger partial charge < -0.3 is 10.7 Å². The number of anilines is 1. The lowest BCUT2D eigenvalue weighted by Gasteiger charge is -2.21. The highest BCUT2D eigenvalue weighted by molar-refractivity contribution is 5.74. The van der Waals surface area contributed by atoms with Gasteiger partial charge in [0.15, 0.2) is 0 Å². The summed E-state index contributed by atoms with van der Waals surface area (Å²) in [7, 11) is 0. The van der Waals surface area contributed by atoms with Gasteiger partial charge in [0.05, 0.1) is 5.70 Å². The molecule has 0 fully saturated rings.